The van der Waals surface area contributed by atoms with Crippen LogP contribution in [0.2, 0.25) is 0 Å². The van der Waals surface area contributed by atoms with Crippen molar-refractivity contribution in [2.75, 3.05) is 30.8 Å². The lowest BCUT2D eigenvalue weighted by molar-refractivity contribution is -0.117. The van der Waals surface area contributed by atoms with Gasteiger partial charge in [-0.1, -0.05) is 29.0 Å². The molecule has 1 aromatic carbocycles. The molecule has 3 rings (SSSR count). The lowest BCUT2D eigenvalue weighted by Gasteiger charge is -2.25. The number of thiazole rings is 1. The number of ether oxygens (including phenoxy) is 1. The summed E-state index contributed by atoms with van der Waals surface area (Å²) in [5.74, 6) is -0.0373. The fraction of sp³-hybridized carbons (Fsp3) is 0.353. The van der Waals surface area contributed by atoms with Crippen LogP contribution < -0.4 is 10.6 Å². The third kappa shape index (κ3) is 4.55. The van der Waals surface area contributed by atoms with E-state index in [0.717, 1.165) is 34.8 Å². The number of methoxy groups -OCH3 is 1. The summed E-state index contributed by atoms with van der Waals surface area (Å²) < 4.78 is 4.58. The van der Waals surface area contributed by atoms with Crippen molar-refractivity contribution in [1.82, 2.24) is 9.88 Å². The van der Waals surface area contributed by atoms with E-state index >= 15 is 0 Å². The highest BCUT2D eigenvalue weighted by molar-refractivity contribution is 7.15. The van der Waals surface area contributed by atoms with Crippen LogP contribution in [0.4, 0.5) is 15.6 Å². The van der Waals surface area contributed by atoms with Crippen LogP contribution in [0.5, 0.6) is 0 Å². The van der Waals surface area contributed by atoms with E-state index in [0.29, 0.717) is 18.2 Å². The first-order chi connectivity index (χ1) is 12.0. The number of nitrogens with zero attached hydrogens (tertiary/aromatic N) is 2. The Morgan fingerprint density at radius 2 is 2.04 bits per heavy atom. The van der Waals surface area contributed by atoms with Crippen molar-refractivity contribution in [3.05, 3.63) is 40.4 Å². The molecule has 0 spiro atoms. The molecule has 1 aliphatic rings. The second-order valence-corrected chi connectivity index (χ2v) is 6.96. The minimum atomic E-state index is -0.527. The first kappa shape index (κ1) is 17.4. The Bertz CT molecular complexity index is 773. The maximum atomic E-state index is 12.2. The quantitative estimate of drug-likeness (QED) is 0.876. The molecule has 7 nitrogen and oxygen atoms in total. The fourth-order valence-corrected chi connectivity index (χ4v) is 3.65. The van der Waals surface area contributed by atoms with E-state index in [9.17, 15) is 9.59 Å². The standard InChI is InChI=1S/C17H20N4O3S/c1-11-3-5-12(6-4-11)18-15(22)10-21-8-7-13-14(9-21)25-16(19-13)20-17(23)24-2/h3-6H,7-10H2,1-2H3,(H,18,22)(H,19,20,23). The maximum Gasteiger partial charge on any atom is 0.413 e. The molecule has 2 amide bonds. The molecule has 132 valence electrons. The summed E-state index contributed by atoms with van der Waals surface area (Å²) >= 11 is 1.42. The van der Waals surface area contributed by atoms with Crippen molar-refractivity contribution in [1.29, 1.82) is 0 Å². The molecule has 2 heterocycles. The number of aryl methyl sites for hydroxylation is 1. The van der Waals surface area contributed by atoms with Crippen molar-refractivity contribution in [2.45, 2.75) is 19.9 Å². The van der Waals surface area contributed by atoms with Crippen molar-refractivity contribution >= 4 is 34.2 Å². The molecule has 0 aliphatic carbocycles. The first-order valence-corrected chi connectivity index (χ1v) is 8.77. The number of aromatic nitrogens is 1. The summed E-state index contributed by atoms with van der Waals surface area (Å²) in [4.78, 5) is 31.1. The summed E-state index contributed by atoms with van der Waals surface area (Å²) in [6.45, 7) is 3.74. The molecule has 0 radical (unpaired) electrons. The van der Waals surface area contributed by atoms with Gasteiger partial charge >= 0.3 is 6.09 Å². The van der Waals surface area contributed by atoms with Crippen LogP contribution in [0.15, 0.2) is 24.3 Å². The minimum absolute atomic E-state index is 0.0373. The van der Waals surface area contributed by atoms with Gasteiger partial charge in [0, 0.05) is 30.1 Å². The zero-order valence-corrected chi connectivity index (χ0v) is 15.0. The highest BCUT2D eigenvalue weighted by Gasteiger charge is 2.23. The number of hydrogen-bond acceptors (Lipinski definition) is 6. The van der Waals surface area contributed by atoms with Crippen LogP contribution in [0.1, 0.15) is 16.1 Å². The number of fused-ring (bicyclic) bond motifs is 1. The van der Waals surface area contributed by atoms with Gasteiger partial charge in [-0.05, 0) is 19.1 Å². The Kier molecular flexibility index (Phi) is 5.30. The van der Waals surface area contributed by atoms with E-state index < -0.39 is 6.09 Å². The molecule has 0 bridgehead atoms. The lowest BCUT2D eigenvalue weighted by atomic mass is 10.2. The Balaban J connectivity index is 1.56. The van der Waals surface area contributed by atoms with Gasteiger partial charge in [0.15, 0.2) is 5.13 Å². The molecular weight excluding hydrogens is 340 g/mol. The van der Waals surface area contributed by atoms with Crippen LogP contribution in [0.3, 0.4) is 0 Å². The van der Waals surface area contributed by atoms with Gasteiger partial charge in [-0.2, -0.15) is 0 Å². The molecule has 0 unspecified atom stereocenters. The van der Waals surface area contributed by atoms with E-state index in [1.807, 2.05) is 31.2 Å². The maximum absolute atomic E-state index is 12.2. The van der Waals surface area contributed by atoms with Crippen molar-refractivity contribution in [3.8, 4) is 0 Å². The third-order valence-corrected chi connectivity index (χ3v) is 4.91. The average molecular weight is 360 g/mol. The summed E-state index contributed by atoms with van der Waals surface area (Å²) in [7, 11) is 1.32. The van der Waals surface area contributed by atoms with Gasteiger partial charge in [0.2, 0.25) is 5.91 Å². The molecule has 2 aromatic rings. The van der Waals surface area contributed by atoms with E-state index in [4.69, 9.17) is 0 Å². The largest absolute Gasteiger partial charge is 0.453 e. The third-order valence-electron chi connectivity index (χ3n) is 3.91. The monoisotopic (exact) mass is 360 g/mol. The Hall–Kier alpha value is -2.45. The normalized spacial score (nSPS) is 13.8. The second kappa shape index (κ2) is 7.62. The van der Waals surface area contributed by atoms with Crippen molar-refractivity contribution in [2.24, 2.45) is 0 Å². The molecule has 25 heavy (non-hydrogen) atoms. The summed E-state index contributed by atoms with van der Waals surface area (Å²) in [6, 6.07) is 7.73. The molecule has 0 fully saturated rings. The predicted molar refractivity (Wildman–Crippen MR) is 96.9 cm³/mol. The molecule has 2 N–H and O–H groups in total. The highest BCUT2D eigenvalue weighted by atomic mass is 32.1. The lowest BCUT2D eigenvalue weighted by Crippen LogP contribution is -2.36. The number of nitrogens with one attached hydrogen (secondary N) is 2. The molecule has 0 saturated heterocycles. The number of hydrogen-bond donors (Lipinski definition) is 2. The molecular formula is C17H20N4O3S. The van der Waals surface area contributed by atoms with Crippen molar-refractivity contribution in [3.63, 3.8) is 0 Å². The van der Waals surface area contributed by atoms with E-state index in [1.165, 1.54) is 18.4 Å². The van der Waals surface area contributed by atoms with E-state index in [2.05, 4.69) is 25.3 Å². The van der Waals surface area contributed by atoms with Gasteiger partial charge in [-0.15, -0.1) is 0 Å². The number of carbonyl (C=O) groups excluding carboxylic acids is 2. The first-order valence-electron chi connectivity index (χ1n) is 7.96. The molecule has 1 aromatic heterocycles. The van der Waals surface area contributed by atoms with E-state index in [-0.39, 0.29) is 5.91 Å². The molecule has 1 aliphatic heterocycles. The number of benzene rings is 1. The number of carbonyl (C=O) groups is 2. The van der Waals surface area contributed by atoms with Crippen LogP contribution in [-0.4, -0.2) is 42.1 Å². The Morgan fingerprint density at radius 1 is 1.28 bits per heavy atom. The van der Waals surface area contributed by atoms with Gasteiger partial charge in [-0.25, -0.2) is 9.78 Å². The zero-order valence-electron chi connectivity index (χ0n) is 14.2. The van der Waals surface area contributed by atoms with E-state index in [1.54, 1.807) is 0 Å². The number of anilines is 2. The van der Waals surface area contributed by atoms with Crippen LogP contribution in [0.25, 0.3) is 0 Å². The minimum Gasteiger partial charge on any atom is -0.453 e. The van der Waals surface area contributed by atoms with Crippen LogP contribution in [-0.2, 0) is 22.5 Å². The van der Waals surface area contributed by atoms with Crippen LogP contribution in [0, 0.1) is 6.92 Å². The topological polar surface area (TPSA) is 83.6 Å². The summed E-state index contributed by atoms with van der Waals surface area (Å²) in [6.07, 6.45) is 0.229. The number of rotatable bonds is 4. The number of amides is 2. The Morgan fingerprint density at radius 3 is 2.76 bits per heavy atom. The molecule has 0 saturated carbocycles. The zero-order chi connectivity index (χ0) is 17.8. The fourth-order valence-electron chi connectivity index (χ4n) is 2.62. The highest BCUT2D eigenvalue weighted by Crippen LogP contribution is 2.28. The van der Waals surface area contributed by atoms with Gasteiger partial charge in [-0.3, -0.25) is 15.0 Å². The van der Waals surface area contributed by atoms with Crippen molar-refractivity contribution < 1.29 is 14.3 Å². The Labute approximate surface area is 150 Å². The average Bonchev–Trinajstić information content (AvgIpc) is 2.98. The molecule has 8 heteroatoms. The van der Waals surface area contributed by atoms with Gasteiger partial charge in [0.1, 0.15) is 0 Å². The predicted octanol–water partition coefficient (Wildman–Crippen LogP) is 2.63. The SMILES string of the molecule is COC(=O)Nc1nc2c(s1)CN(CC(=O)Nc1ccc(C)cc1)CC2. The van der Waals surface area contributed by atoms with Crippen LogP contribution >= 0.6 is 11.3 Å². The van der Waals surface area contributed by atoms with Gasteiger partial charge in [0.05, 0.1) is 19.3 Å². The summed E-state index contributed by atoms with van der Waals surface area (Å²) in [5, 5.41) is 6.03. The van der Waals surface area contributed by atoms with Gasteiger partial charge < -0.3 is 10.1 Å². The summed E-state index contributed by atoms with van der Waals surface area (Å²) in [5.41, 5.74) is 2.94. The molecule has 0 atom stereocenters. The smallest absolute Gasteiger partial charge is 0.413 e. The van der Waals surface area contributed by atoms with Gasteiger partial charge in [0.25, 0.3) is 0 Å². The second-order valence-electron chi connectivity index (χ2n) is 5.88.